The van der Waals surface area contributed by atoms with E-state index in [2.05, 4.69) is 48.6 Å². The van der Waals surface area contributed by atoms with E-state index in [0.717, 1.165) is 40.5 Å². The van der Waals surface area contributed by atoms with Crippen LogP contribution in [0.2, 0.25) is 0 Å². The number of aliphatic hydroxyl groups excluding tert-OH is 1. The normalized spacial score (nSPS) is 15.1. The molecule has 1 unspecified atom stereocenters. The number of nitrogens with zero attached hydrogens (tertiary/aromatic N) is 1. The number of fused-ring (bicyclic) bond motifs is 3. The molecule has 0 heterocycles. The number of rotatable bonds is 9. The summed E-state index contributed by atoms with van der Waals surface area (Å²) in [7, 11) is 0. The third-order valence-corrected chi connectivity index (χ3v) is 7.30. The van der Waals surface area contributed by atoms with Crippen LogP contribution in [0.15, 0.2) is 107 Å². The number of hydrogen-bond donors (Lipinski definition) is 2. The maximum absolute atomic E-state index is 13.9. The Morgan fingerprint density at radius 1 is 0.816 bits per heavy atom. The fourth-order valence-electron chi connectivity index (χ4n) is 5.25. The average molecular weight is 503 g/mol. The predicted molar refractivity (Wildman–Crippen MR) is 156 cm³/mol. The third kappa shape index (κ3) is 5.18. The molecule has 0 saturated heterocycles. The highest BCUT2D eigenvalue weighted by atomic mass is 16.3. The van der Waals surface area contributed by atoms with Gasteiger partial charge in [0.1, 0.15) is 0 Å². The lowest BCUT2D eigenvalue weighted by atomic mass is 9.80. The van der Waals surface area contributed by atoms with Gasteiger partial charge in [0.25, 0.3) is 0 Å². The molecule has 1 atom stereocenters. The lowest BCUT2D eigenvalue weighted by Crippen LogP contribution is -2.36. The molecule has 0 fully saturated rings. The van der Waals surface area contributed by atoms with Crippen molar-refractivity contribution < 1.29 is 9.90 Å². The number of benzene rings is 4. The van der Waals surface area contributed by atoms with Gasteiger partial charge in [-0.2, -0.15) is 0 Å². The molecule has 0 amide bonds. The van der Waals surface area contributed by atoms with Crippen LogP contribution < -0.4 is 5.32 Å². The van der Waals surface area contributed by atoms with Gasteiger partial charge in [-0.15, -0.1) is 0 Å². The predicted octanol–water partition coefficient (Wildman–Crippen LogP) is 6.23. The van der Waals surface area contributed by atoms with Gasteiger partial charge in [0.15, 0.2) is 5.78 Å². The van der Waals surface area contributed by atoms with Crippen molar-refractivity contribution in [3.05, 3.63) is 130 Å². The van der Waals surface area contributed by atoms with E-state index in [4.69, 9.17) is 4.99 Å². The zero-order valence-corrected chi connectivity index (χ0v) is 22.1. The lowest BCUT2D eigenvalue weighted by Gasteiger charge is -2.28. The van der Waals surface area contributed by atoms with Crippen LogP contribution in [0.3, 0.4) is 0 Å². The van der Waals surface area contributed by atoms with Crippen molar-refractivity contribution in [1.82, 2.24) is 5.32 Å². The number of hydrogen-bond acceptors (Lipinski definition) is 4. The maximum Gasteiger partial charge on any atom is 0.194 e. The Hall–Kier alpha value is -4.02. The highest BCUT2D eigenvalue weighted by Crippen LogP contribution is 2.34. The largest absolute Gasteiger partial charge is 0.388 e. The molecule has 1 aliphatic rings. The molecule has 5 rings (SSSR count). The monoisotopic (exact) mass is 502 g/mol. The van der Waals surface area contributed by atoms with Crippen molar-refractivity contribution in [3.63, 3.8) is 0 Å². The molecule has 0 spiro atoms. The summed E-state index contributed by atoms with van der Waals surface area (Å²) in [6.45, 7) is 5.20. The van der Waals surface area contributed by atoms with Crippen LogP contribution in [0.1, 0.15) is 46.0 Å². The molecule has 1 aliphatic carbocycles. The van der Waals surface area contributed by atoms with Crippen molar-refractivity contribution in [2.24, 2.45) is 4.99 Å². The van der Waals surface area contributed by atoms with Gasteiger partial charge in [0.2, 0.25) is 0 Å². The molecule has 0 bridgehead atoms. The summed E-state index contributed by atoms with van der Waals surface area (Å²) in [5, 5.41) is 16.7. The summed E-state index contributed by atoms with van der Waals surface area (Å²) in [5.74, 6) is -0.123. The molecule has 4 nitrogen and oxygen atoms in total. The van der Waals surface area contributed by atoms with E-state index in [1.165, 1.54) is 11.1 Å². The Morgan fingerprint density at radius 3 is 2.18 bits per heavy atom. The number of nitrogens with one attached hydrogen (secondary N) is 1. The second-order valence-corrected chi connectivity index (χ2v) is 9.83. The number of allylic oxidation sites excluding steroid dienone is 1. The van der Waals surface area contributed by atoms with Crippen LogP contribution in [0.4, 0.5) is 0 Å². The quantitative estimate of drug-likeness (QED) is 0.285. The Morgan fingerprint density at radius 2 is 1.50 bits per heavy atom. The third-order valence-electron chi connectivity index (χ3n) is 7.30. The van der Waals surface area contributed by atoms with Gasteiger partial charge in [-0.3, -0.25) is 9.79 Å². The minimum Gasteiger partial charge on any atom is -0.388 e. The SMILES string of the molecule is CCC(O)C1=C(NCCc2ccccc2)C(=NCCc2ccccc2)c2c(ccc3c(C)cccc23)C1=O. The van der Waals surface area contributed by atoms with Crippen molar-refractivity contribution in [2.75, 3.05) is 13.1 Å². The van der Waals surface area contributed by atoms with Crippen molar-refractivity contribution in [3.8, 4) is 0 Å². The van der Waals surface area contributed by atoms with Crippen LogP contribution in [0.25, 0.3) is 10.8 Å². The van der Waals surface area contributed by atoms with Gasteiger partial charge >= 0.3 is 0 Å². The van der Waals surface area contributed by atoms with Crippen LogP contribution in [-0.4, -0.2) is 35.8 Å². The van der Waals surface area contributed by atoms with Crippen molar-refractivity contribution in [2.45, 2.75) is 39.2 Å². The molecule has 2 N–H and O–H groups in total. The lowest BCUT2D eigenvalue weighted by molar-refractivity contribution is 0.0981. The Kier molecular flexibility index (Phi) is 7.81. The van der Waals surface area contributed by atoms with E-state index in [1.807, 2.05) is 61.5 Å². The number of aliphatic imine (C=N–C) groups is 1. The summed E-state index contributed by atoms with van der Waals surface area (Å²) in [4.78, 5) is 19.1. The Balaban J connectivity index is 1.62. The van der Waals surface area contributed by atoms with Crippen LogP contribution in [0, 0.1) is 6.92 Å². The smallest absolute Gasteiger partial charge is 0.194 e. The molecule has 38 heavy (non-hydrogen) atoms. The van der Waals surface area contributed by atoms with Crippen LogP contribution in [-0.2, 0) is 12.8 Å². The molecule has 0 radical (unpaired) electrons. The van der Waals surface area contributed by atoms with E-state index < -0.39 is 6.10 Å². The van der Waals surface area contributed by atoms with Crippen LogP contribution >= 0.6 is 0 Å². The van der Waals surface area contributed by atoms with Gasteiger partial charge in [-0.05, 0) is 59.7 Å². The summed E-state index contributed by atoms with van der Waals surface area (Å²) in [6, 6.07) is 30.7. The Bertz CT molecular complexity index is 1500. The number of carbonyl (C=O) groups is 1. The van der Waals surface area contributed by atoms with Crippen molar-refractivity contribution in [1.29, 1.82) is 0 Å². The van der Waals surface area contributed by atoms with Gasteiger partial charge in [0, 0.05) is 24.2 Å². The van der Waals surface area contributed by atoms with Crippen molar-refractivity contribution >= 4 is 22.3 Å². The summed E-state index contributed by atoms with van der Waals surface area (Å²) < 4.78 is 0. The summed E-state index contributed by atoms with van der Waals surface area (Å²) >= 11 is 0. The van der Waals surface area contributed by atoms with Gasteiger partial charge in [-0.1, -0.05) is 91.9 Å². The Labute approximate surface area is 224 Å². The van der Waals surface area contributed by atoms with Crippen LogP contribution in [0.5, 0.6) is 0 Å². The molecular formula is C34H34N2O2. The van der Waals surface area contributed by atoms with E-state index in [9.17, 15) is 9.90 Å². The highest BCUT2D eigenvalue weighted by Gasteiger charge is 2.35. The van der Waals surface area contributed by atoms with Gasteiger partial charge in [0.05, 0.1) is 23.1 Å². The van der Waals surface area contributed by atoms with Gasteiger partial charge in [-0.25, -0.2) is 0 Å². The molecule has 0 aliphatic heterocycles. The number of aliphatic hydroxyl groups is 1. The number of aryl methyl sites for hydroxylation is 1. The first kappa shape index (κ1) is 25.6. The molecule has 0 saturated carbocycles. The zero-order chi connectivity index (χ0) is 26.5. The molecule has 4 heteroatoms. The molecule has 0 aromatic heterocycles. The average Bonchev–Trinajstić information content (AvgIpc) is 2.95. The summed E-state index contributed by atoms with van der Waals surface area (Å²) in [6.07, 6.45) is 1.17. The zero-order valence-electron chi connectivity index (χ0n) is 22.1. The second kappa shape index (κ2) is 11.6. The second-order valence-electron chi connectivity index (χ2n) is 9.83. The van der Waals surface area contributed by atoms with E-state index >= 15 is 0 Å². The standard InChI is InChI=1S/C34H34N2O2/c1-3-29(37)31-33(36-22-20-25-14-8-5-9-15-25)32(35-21-19-24-12-6-4-7-13-24)30-27-16-10-11-23(2)26(27)17-18-28(30)34(31)38/h4-18,29,36-37H,3,19-22H2,1-2H3. The molecule has 4 aromatic carbocycles. The molecule has 4 aromatic rings. The topological polar surface area (TPSA) is 61.7 Å². The first-order valence-electron chi connectivity index (χ1n) is 13.4. The minimum absolute atomic E-state index is 0.123. The fraction of sp³-hybridized carbons (Fsp3) is 0.235. The maximum atomic E-state index is 13.9. The van der Waals surface area contributed by atoms with E-state index in [1.54, 1.807) is 0 Å². The summed E-state index contributed by atoms with van der Waals surface area (Å²) in [5.41, 5.74) is 6.90. The minimum atomic E-state index is -0.873. The van der Waals surface area contributed by atoms with E-state index in [-0.39, 0.29) is 5.78 Å². The van der Waals surface area contributed by atoms with E-state index in [0.29, 0.717) is 36.3 Å². The van der Waals surface area contributed by atoms with Gasteiger partial charge < -0.3 is 10.4 Å². The molecular weight excluding hydrogens is 468 g/mol. The first-order chi connectivity index (χ1) is 18.6. The highest BCUT2D eigenvalue weighted by molar-refractivity contribution is 6.32. The first-order valence-corrected chi connectivity index (χ1v) is 13.4. The number of ketones is 1. The molecule has 192 valence electrons. The fourth-order valence-corrected chi connectivity index (χ4v) is 5.25. The number of carbonyl (C=O) groups excluding carboxylic acids is 1. The number of Topliss-reactive ketones (excluding diaryl/α,β-unsaturated/α-hetero) is 1.